The van der Waals surface area contributed by atoms with Crippen molar-refractivity contribution in [3.63, 3.8) is 0 Å². The third-order valence-electron chi connectivity index (χ3n) is 1.52. The highest BCUT2D eigenvalue weighted by Gasteiger charge is 2.12. The van der Waals surface area contributed by atoms with Gasteiger partial charge in [-0.05, 0) is 13.3 Å². The Morgan fingerprint density at radius 1 is 1.60 bits per heavy atom. The molecule has 0 bridgehead atoms. The van der Waals surface area contributed by atoms with Crippen molar-refractivity contribution < 1.29 is 0 Å². The van der Waals surface area contributed by atoms with Gasteiger partial charge in [-0.2, -0.15) is 0 Å². The molecule has 1 N–H and O–H groups in total. The lowest BCUT2D eigenvalue weighted by molar-refractivity contribution is 0.0364. The minimum atomic E-state index is 1.08. The molecular formula is C7H15N3. The Bertz CT molecular complexity index is 142. The number of hydrogen-bond acceptors (Lipinski definition) is 3. The van der Waals surface area contributed by atoms with Crippen LogP contribution in [0.1, 0.15) is 20.3 Å². The molecule has 0 fully saturated rings. The summed E-state index contributed by atoms with van der Waals surface area (Å²) in [5.41, 5.74) is 4.38. The molecule has 58 valence electrons. The molecule has 10 heavy (non-hydrogen) atoms. The summed E-state index contributed by atoms with van der Waals surface area (Å²) < 4.78 is 0. The van der Waals surface area contributed by atoms with E-state index in [0.717, 1.165) is 6.54 Å². The first-order valence-corrected chi connectivity index (χ1v) is 3.69. The molecule has 0 radical (unpaired) electrons. The Morgan fingerprint density at radius 2 is 2.30 bits per heavy atom. The SMILES string of the molecule is CCCN1C=C(C)NN1C. The second-order valence-corrected chi connectivity index (χ2v) is 2.61. The van der Waals surface area contributed by atoms with Gasteiger partial charge in [-0.15, -0.1) is 5.12 Å². The number of hydrogen-bond donors (Lipinski definition) is 1. The lowest BCUT2D eigenvalue weighted by Gasteiger charge is -2.23. The minimum Gasteiger partial charge on any atom is -0.304 e. The molecule has 0 saturated heterocycles. The predicted molar refractivity (Wildman–Crippen MR) is 41.7 cm³/mol. The summed E-state index contributed by atoms with van der Waals surface area (Å²) in [4.78, 5) is 0. The van der Waals surface area contributed by atoms with Crippen LogP contribution >= 0.6 is 0 Å². The number of rotatable bonds is 2. The van der Waals surface area contributed by atoms with Crippen molar-refractivity contribution >= 4 is 0 Å². The van der Waals surface area contributed by atoms with Crippen LogP contribution in [0.2, 0.25) is 0 Å². The first-order valence-electron chi connectivity index (χ1n) is 3.69. The molecule has 1 aliphatic rings. The van der Waals surface area contributed by atoms with Gasteiger partial charge < -0.3 is 5.43 Å². The molecule has 1 heterocycles. The average molecular weight is 141 g/mol. The van der Waals surface area contributed by atoms with Crippen molar-refractivity contribution in [3.8, 4) is 0 Å². The normalized spacial score (nSPS) is 19.1. The summed E-state index contributed by atoms with van der Waals surface area (Å²) in [6.45, 7) is 5.32. The fourth-order valence-electron chi connectivity index (χ4n) is 1.10. The second kappa shape index (κ2) is 2.92. The van der Waals surface area contributed by atoms with Crippen molar-refractivity contribution in [3.05, 3.63) is 11.9 Å². The highest BCUT2D eigenvalue weighted by atomic mass is 15.8. The van der Waals surface area contributed by atoms with Crippen LogP contribution in [0, 0.1) is 0 Å². The van der Waals surface area contributed by atoms with E-state index in [1.165, 1.54) is 12.1 Å². The van der Waals surface area contributed by atoms with Gasteiger partial charge in [0.1, 0.15) is 0 Å². The molecule has 0 unspecified atom stereocenters. The smallest absolute Gasteiger partial charge is 0.0425 e. The predicted octanol–water partition coefficient (Wildman–Crippen LogP) is 0.925. The molecule has 0 saturated carbocycles. The van der Waals surface area contributed by atoms with E-state index in [4.69, 9.17) is 0 Å². The Morgan fingerprint density at radius 3 is 2.70 bits per heavy atom. The Balaban J connectivity index is 2.44. The fourth-order valence-corrected chi connectivity index (χ4v) is 1.10. The van der Waals surface area contributed by atoms with Crippen LogP contribution < -0.4 is 5.43 Å². The van der Waals surface area contributed by atoms with E-state index >= 15 is 0 Å². The van der Waals surface area contributed by atoms with E-state index in [-0.39, 0.29) is 0 Å². The van der Waals surface area contributed by atoms with Gasteiger partial charge in [0, 0.05) is 25.5 Å². The number of nitrogens with one attached hydrogen (secondary N) is 1. The van der Waals surface area contributed by atoms with E-state index in [9.17, 15) is 0 Å². The third kappa shape index (κ3) is 1.42. The molecule has 0 spiro atoms. The van der Waals surface area contributed by atoms with Gasteiger partial charge in [0.25, 0.3) is 0 Å². The number of hydrazine groups is 2. The van der Waals surface area contributed by atoms with Crippen LogP contribution in [-0.2, 0) is 0 Å². The van der Waals surface area contributed by atoms with Gasteiger partial charge in [0.2, 0.25) is 0 Å². The maximum absolute atomic E-state index is 3.17. The maximum atomic E-state index is 3.17. The van der Waals surface area contributed by atoms with Gasteiger partial charge in [-0.1, -0.05) is 6.92 Å². The van der Waals surface area contributed by atoms with Gasteiger partial charge in [0.15, 0.2) is 0 Å². The van der Waals surface area contributed by atoms with E-state index in [1.54, 1.807) is 0 Å². The monoisotopic (exact) mass is 141 g/mol. The summed E-state index contributed by atoms with van der Waals surface area (Å²) in [6, 6.07) is 0. The highest BCUT2D eigenvalue weighted by molar-refractivity contribution is 4.97. The van der Waals surface area contributed by atoms with Crippen molar-refractivity contribution in [2.45, 2.75) is 20.3 Å². The quantitative estimate of drug-likeness (QED) is 0.617. The standard InChI is InChI=1S/C7H15N3/c1-4-5-10-6-7(2)8-9(10)3/h6,8H,4-5H2,1-3H3. The molecule has 0 aliphatic carbocycles. The van der Waals surface area contributed by atoms with E-state index in [0.29, 0.717) is 0 Å². The summed E-state index contributed by atoms with van der Waals surface area (Å²) >= 11 is 0. The first-order chi connectivity index (χ1) is 4.74. The first kappa shape index (κ1) is 7.41. The molecule has 3 nitrogen and oxygen atoms in total. The Labute approximate surface area is 62.2 Å². The van der Waals surface area contributed by atoms with Crippen LogP contribution in [-0.4, -0.2) is 23.7 Å². The molecule has 1 aliphatic heterocycles. The average Bonchev–Trinajstić information content (AvgIpc) is 2.13. The second-order valence-electron chi connectivity index (χ2n) is 2.61. The molecular weight excluding hydrogens is 126 g/mol. The van der Waals surface area contributed by atoms with E-state index < -0.39 is 0 Å². The van der Waals surface area contributed by atoms with Crippen molar-refractivity contribution in [2.75, 3.05) is 13.6 Å². The van der Waals surface area contributed by atoms with Crippen molar-refractivity contribution in [1.29, 1.82) is 0 Å². The summed E-state index contributed by atoms with van der Waals surface area (Å²) in [6.07, 6.45) is 3.29. The zero-order chi connectivity index (χ0) is 7.56. The summed E-state index contributed by atoms with van der Waals surface area (Å²) in [7, 11) is 2.02. The van der Waals surface area contributed by atoms with E-state index in [1.807, 2.05) is 12.2 Å². The van der Waals surface area contributed by atoms with Crippen LogP contribution in [0.25, 0.3) is 0 Å². The van der Waals surface area contributed by atoms with Gasteiger partial charge in [-0.25, -0.2) is 0 Å². The number of allylic oxidation sites excluding steroid dienone is 1. The van der Waals surface area contributed by atoms with Crippen LogP contribution in [0.4, 0.5) is 0 Å². The van der Waals surface area contributed by atoms with Crippen molar-refractivity contribution in [2.24, 2.45) is 0 Å². The largest absolute Gasteiger partial charge is 0.304 e. The molecule has 0 aromatic heterocycles. The summed E-state index contributed by atoms with van der Waals surface area (Å²) in [5, 5.41) is 4.16. The Hall–Kier alpha value is -0.700. The molecule has 0 aromatic carbocycles. The molecule has 1 rings (SSSR count). The lowest BCUT2D eigenvalue weighted by atomic mass is 10.5. The lowest BCUT2D eigenvalue weighted by Crippen LogP contribution is -2.38. The molecule has 0 amide bonds. The topological polar surface area (TPSA) is 18.5 Å². The zero-order valence-electron chi connectivity index (χ0n) is 6.89. The number of nitrogens with zero attached hydrogens (tertiary/aromatic N) is 2. The molecule has 0 atom stereocenters. The van der Waals surface area contributed by atoms with Gasteiger partial charge in [-0.3, -0.25) is 5.01 Å². The van der Waals surface area contributed by atoms with Crippen LogP contribution in [0.3, 0.4) is 0 Å². The van der Waals surface area contributed by atoms with Crippen molar-refractivity contribution in [1.82, 2.24) is 15.6 Å². The summed E-state index contributed by atoms with van der Waals surface area (Å²) in [5.74, 6) is 0. The van der Waals surface area contributed by atoms with Crippen LogP contribution in [0.5, 0.6) is 0 Å². The van der Waals surface area contributed by atoms with Gasteiger partial charge in [0.05, 0.1) is 0 Å². The fraction of sp³-hybridized carbons (Fsp3) is 0.714. The zero-order valence-corrected chi connectivity index (χ0v) is 6.89. The third-order valence-corrected chi connectivity index (χ3v) is 1.52. The molecule has 3 heteroatoms. The molecule has 0 aromatic rings. The Kier molecular flexibility index (Phi) is 2.17. The maximum Gasteiger partial charge on any atom is 0.0425 e. The minimum absolute atomic E-state index is 1.08. The van der Waals surface area contributed by atoms with Crippen LogP contribution in [0.15, 0.2) is 11.9 Å². The van der Waals surface area contributed by atoms with E-state index in [2.05, 4.69) is 30.5 Å². The van der Waals surface area contributed by atoms with Gasteiger partial charge >= 0.3 is 0 Å². The highest BCUT2D eigenvalue weighted by Crippen LogP contribution is 2.06.